The van der Waals surface area contributed by atoms with Crippen molar-refractivity contribution in [1.29, 1.82) is 5.26 Å². The summed E-state index contributed by atoms with van der Waals surface area (Å²) in [5, 5.41) is 11.0. The Bertz CT molecular complexity index is 824. The van der Waals surface area contributed by atoms with E-state index in [1.54, 1.807) is 17.5 Å². The number of hydrogen-bond donors (Lipinski definition) is 0. The van der Waals surface area contributed by atoms with Crippen LogP contribution in [-0.2, 0) is 11.2 Å². The smallest absolute Gasteiger partial charge is 0.222 e. The Morgan fingerprint density at radius 3 is 2.62 bits per heavy atom. The lowest BCUT2D eigenvalue weighted by Crippen LogP contribution is -2.33. The number of aryl methyl sites for hydroxylation is 2. The van der Waals surface area contributed by atoms with Gasteiger partial charge in [-0.25, -0.2) is 4.98 Å². The maximum absolute atomic E-state index is 12.6. The van der Waals surface area contributed by atoms with Gasteiger partial charge >= 0.3 is 0 Å². The molecule has 0 aromatic carbocycles. The SMILES string of the molecule is Cc1ccsc1CCC(=O)N1CC2CN(c3ccc(C#N)cn3)CC2C1. The van der Waals surface area contributed by atoms with Crippen LogP contribution in [0, 0.1) is 30.1 Å². The number of nitrogens with zero attached hydrogens (tertiary/aromatic N) is 4. The van der Waals surface area contributed by atoms with E-state index >= 15 is 0 Å². The van der Waals surface area contributed by atoms with E-state index < -0.39 is 0 Å². The Kier molecular flexibility index (Phi) is 4.64. The summed E-state index contributed by atoms with van der Waals surface area (Å²) in [4.78, 5) is 22.7. The van der Waals surface area contributed by atoms with Crippen molar-refractivity contribution in [3.8, 4) is 6.07 Å². The molecule has 4 rings (SSSR count). The van der Waals surface area contributed by atoms with Crippen LogP contribution in [0.15, 0.2) is 29.8 Å². The standard InChI is InChI=1S/C20H22N4OS/c1-14-6-7-26-18(14)3-5-20(25)24-12-16-10-23(11-17(16)13-24)19-4-2-15(8-21)9-22-19/h2,4,6-7,9,16-17H,3,5,10-13H2,1H3. The predicted molar refractivity (Wildman–Crippen MR) is 102 cm³/mol. The van der Waals surface area contributed by atoms with E-state index in [0.29, 0.717) is 23.8 Å². The minimum atomic E-state index is 0.287. The van der Waals surface area contributed by atoms with Gasteiger partial charge in [-0.1, -0.05) is 0 Å². The van der Waals surface area contributed by atoms with Gasteiger partial charge in [0, 0.05) is 55.5 Å². The molecule has 2 aliphatic rings. The first-order valence-corrected chi connectivity index (χ1v) is 9.94. The Balaban J connectivity index is 1.31. The summed E-state index contributed by atoms with van der Waals surface area (Å²) < 4.78 is 0. The molecular formula is C20H22N4OS. The third-order valence-corrected chi connectivity index (χ3v) is 6.66. The lowest BCUT2D eigenvalue weighted by molar-refractivity contribution is -0.130. The highest BCUT2D eigenvalue weighted by Crippen LogP contribution is 2.33. The summed E-state index contributed by atoms with van der Waals surface area (Å²) in [5.41, 5.74) is 1.89. The average molecular weight is 366 g/mol. The number of aromatic nitrogens is 1. The van der Waals surface area contributed by atoms with Crippen molar-refractivity contribution in [3.05, 3.63) is 45.8 Å². The molecule has 0 radical (unpaired) electrons. The van der Waals surface area contributed by atoms with E-state index in [1.807, 2.05) is 12.1 Å². The molecule has 0 N–H and O–H groups in total. The summed E-state index contributed by atoms with van der Waals surface area (Å²) in [6.45, 7) is 5.72. The molecule has 5 nitrogen and oxygen atoms in total. The van der Waals surface area contributed by atoms with Crippen LogP contribution in [-0.4, -0.2) is 42.0 Å². The zero-order chi connectivity index (χ0) is 18.1. The molecule has 0 aliphatic carbocycles. The van der Waals surface area contributed by atoms with Crippen LogP contribution < -0.4 is 4.90 Å². The first-order chi connectivity index (χ1) is 12.6. The molecular weight excluding hydrogens is 344 g/mol. The molecule has 4 heterocycles. The highest BCUT2D eigenvalue weighted by molar-refractivity contribution is 7.10. The van der Waals surface area contributed by atoms with E-state index in [4.69, 9.17) is 5.26 Å². The number of carbonyl (C=O) groups is 1. The normalized spacial score (nSPS) is 21.7. The second-order valence-electron chi connectivity index (χ2n) is 7.27. The van der Waals surface area contributed by atoms with Gasteiger partial charge in [-0.05, 0) is 42.5 Å². The molecule has 2 saturated heterocycles. The summed E-state index contributed by atoms with van der Waals surface area (Å²) in [7, 11) is 0. The molecule has 6 heteroatoms. The van der Waals surface area contributed by atoms with Crippen molar-refractivity contribution >= 4 is 23.1 Å². The van der Waals surface area contributed by atoms with Crippen LogP contribution in [0.4, 0.5) is 5.82 Å². The predicted octanol–water partition coefficient (Wildman–Crippen LogP) is 2.85. The number of rotatable bonds is 4. The van der Waals surface area contributed by atoms with Gasteiger partial charge in [0.05, 0.1) is 5.56 Å². The van der Waals surface area contributed by atoms with Crippen LogP contribution in [0.3, 0.4) is 0 Å². The Hall–Kier alpha value is -2.39. The number of thiophene rings is 1. The molecule has 0 spiro atoms. The van der Waals surface area contributed by atoms with Crippen LogP contribution in [0.2, 0.25) is 0 Å². The first-order valence-electron chi connectivity index (χ1n) is 9.06. The van der Waals surface area contributed by atoms with Gasteiger partial charge in [-0.3, -0.25) is 4.79 Å². The molecule has 1 amide bonds. The van der Waals surface area contributed by atoms with Gasteiger partial charge in [-0.2, -0.15) is 5.26 Å². The fourth-order valence-corrected chi connectivity index (χ4v) is 4.97. The fraction of sp³-hybridized carbons (Fsp3) is 0.450. The number of amides is 1. The van der Waals surface area contributed by atoms with Crippen molar-refractivity contribution in [2.24, 2.45) is 11.8 Å². The second-order valence-corrected chi connectivity index (χ2v) is 8.27. The van der Waals surface area contributed by atoms with Gasteiger partial charge in [-0.15, -0.1) is 11.3 Å². The van der Waals surface area contributed by atoms with Crippen molar-refractivity contribution in [2.45, 2.75) is 19.8 Å². The van der Waals surface area contributed by atoms with Crippen molar-refractivity contribution in [3.63, 3.8) is 0 Å². The molecule has 2 atom stereocenters. The van der Waals surface area contributed by atoms with Crippen LogP contribution in [0.25, 0.3) is 0 Å². The van der Waals surface area contributed by atoms with Crippen LogP contribution in [0.5, 0.6) is 0 Å². The van der Waals surface area contributed by atoms with Crippen molar-refractivity contribution in [1.82, 2.24) is 9.88 Å². The van der Waals surface area contributed by atoms with Gasteiger partial charge in [0.15, 0.2) is 0 Å². The van der Waals surface area contributed by atoms with E-state index in [2.05, 4.69) is 39.2 Å². The van der Waals surface area contributed by atoms with Crippen LogP contribution in [0.1, 0.15) is 22.4 Å². The zero-order valence-corrected chi connectivity index (χ0v) is 15.7. The number of anilines is 1. The van der Waals surface area contributed by atoms with Crippen molar-refractivity contribution < 1.29 is 4.79 Å². The third-order valence-electron chi connectivity index (χ3n) is 5.57. The van der Waals surface area contributed by atoms with Crippen LogP contribution >= 0.6 is 11.3 Å². The molecule has 2 aromatic heterocycles. The lowest BCUT2D eigenvalue weighted by atomic mass is 10.0. The maximum atomic E-state index is 12.6. The van der Waals surface area contributed by atoms with Gasteiger partial charge in [0.2, 0.25) is 5.91 Å². The highest BCUT2D eigenvalue weighted by Gasteiger charge is 2.41. The topological polar surface area (TPSA) is 60.2 Å². The molecule has 26 heavy (non-hydrogen) atoms. The Labute approximate surface area is 157 Å². The van der Waals surface area contributed by atoms with Gasteiger partial charge in [0.25, 0.3) is 0 Å². The van der Waals surface area contributed by atoms with Gasteiger partial charge < -0.3 is 9.80 Å². The minimum Gasteiger partial charge on any atom is -0.356 e. The number of likely N-dealkylation sites (tertiary alicyclic amines) is 1. The lowest BCUT2D eigenvalue weighted by Gasteiger charge is -2.22. The van der Waals surface area contributed by atoms with E-state index in [0.717, 1.165) is 38.4 Å². The summed E-state index contributed by atoms with van der Waals surface area (Å²) >= 11 is 1.75. The summed E-state index contributed by atoms with van der Waals surface area (Å²) in [5.74, 6) is 2.28. The molecule has 2 fully saturated rings. The molecule has 0 bridgehead atoms. The number of nitriles is 1. The monoisotopic (exact) mass is 366 g/mol. The number of fused-ring (bicyclic) bond motifs is 1. The molecule has 134 valence electrons. The molecule has 2 aromatic rings. The minimum absolute atomic E-state index is 0.287. The maximum Gasteiger partial charge on any atom is 0.222 e. The first kappa shape index (κ1) is 17.0. The van der Waals surface area contributed by atoms with Gasteiger partial charge in [0.1, 0.15) is 11.9 Å². The van der Waals surface area contributed by atoms with E-state index in [-0.39, 0.29) is 5.91 Å². The summed E-state index contributed by atoms with van der Waals surface area (Å²) in [6.07, 6.45) is 3.10. The quantitative estimate of drug-likeness (QED) is 0.835. The number of hydrogen-bond acceptors (Lipinski definition) is 5. The number of pyridine rings is 1. The molecule has 0 saturated carbocycles. The highest BCUT2D eigenvalue weighted by atomic mass is 32.1. The molecule has 2 unspecified atom stereocenters. The number of carbonyl (C=O) groups excluding carboxylic acids is 1. The Morgan fingerprint density at radius 2 is 2.04 bits per heavy atom. The summed E-state index contributed by atoms with van der Waals surface area (Å²) in [6, 6.07) is 7.97. The Morgan fingerprint density at radius 1 is 1.27 bits per heavy atom. The third kappa shape index (κ3) is 3.32. The largest absolute Gasteiger partial charge is 0.356 e. The van der Waals surface area contributed by atoms with E-state index in [1.165, 1.54) is 10.4 Å². The zero-order valence-electron chi connectivity index (χ0n) is 14.9. The van der Waals surface area contributed by atoms with Crippen molar-refractivity contribution in [2.75, 3.05) is 31.1 Å². The van der Waals surface area contributed by atoms with E-state index in [9.17, 15) is 4.79 Å². The second kappa shape index (κ2) is 7.08. The molecule has 2 aliphatic heterocycles. The average Bonchev–Trinajstić information content (AvgIpc) is 3.34. The fourth-order valence-electron chi connectivity index (χ4n) is 4.06.